The first-order valence-electron chi connectivity index (χ1n) is 5.70. The second-order valence-electron chi connectivity index (χ2n) is 4.09. The summed E-state index contributed by atoms with van der Waals surface area (Å²) in [6.45, 7) is 6.29. The number of carbonyl (C=O) groups excluding carboxylic acids is 1. The Labute approximate surface area is 102 Å². The van der Waals surface area contributed by atoms with Gasteiger partial charge in [0.25, 0.3) is 0 Å². The number of likely N-dealkylation sites (N-methyl/N-ethyl adjacent to an activating group) is 1. The SMILES string of the molecule is CCN(C)C(=O)C(C)Nc1ccc(N)c(C)n1. The minimum absolute atomic E-state index is 0.0452. The third-order valence-corrected chi connectivity index (χ3v) is 2.71. The van der Waals surface area contributed by atoms with Gasteiger partial charge in [-0.15, -0.1) is 0 Å². The van der Waals surface area contributed by atoms with Crippen LogP contribution in [0.3, 0.4) is 0 Å². The van der Waals surface area contributed by atoms with Gasteiger partial charge in [-0.05, 0) is 32.9 Å². The van der Waals surface area contributed by atoms with Crippen LogP contribution in [0.25, 0.3) is 0 Å². The molecule has 1 rings (SSSR count). The van der Waals surface area contributed by atoms with Crippen LogP contribution in [-0.4, -0.2) is 35.4 Å². The quantitative estimate of drug-likeness (QED) is 0.825. The van der Waals surface area contributed by atoms with E-state index in [9.17, 15) is 4.79 Å². The van der Waals surface area contributed by atoms with Crippen molar-refractivity contribution in [3.8, 4) is 0 Å². The molecule has 1 heterocycles. The molecule has 1 atom stereocenters. The van der Waals surface area contributed by atoms with Gasteiger partial charge >= 0.3 is 0 Å². The smallest absolute Gasteiger partial charge is 0.244 e. The molecular formula is C12H20N4O. The fourth-order valence-electron chi connectivity index (χ4n) is 1.42. The average Bonchev–Trinajstić information content (AvgIpc) is 2.31. The highest BCUT2D eigenvalue weighted by atomic mass is 16.2. The molecule has 94 valence electrons. The molecule has 0 aliphatic carbocycles. The van der Waals surface area contributed by atoms with E-state index in [4.69, 9.17) is 5.73 Å². The van der Waals surface area contributed by atoms with Crippen LogP contribution in [-0.2, 0) is 4.79 Å². The van der Waals surface area contributed by atoms with E-state index >= 15 is 0 Å². The third kappa shape index (κ3) is 3.34. The maximum Gasteiger partial charge on any atom is 0.244 e. The van der Waals surface area contributed by atoms with E-state index in [1.165, 1.54) is 0 Å². The number of nitrogens with one attached hydrogen (secondary N) is 1. The lowest BCUT2D eigenvalue weighted by Gasteiger charge is -2.21. The monoisotopic (exact) mass is 236 g/mol. The van der Waals surface area contributed by atoms with E-state index in [1.807, 2.05) is 20.8 Å². The number of nitrogen functional groups attached to an aromatic ring is 1. The van der Waals surface area contributed by atoms with Gasteiger partial charge in [0.15, 0.2) is 0 Å². The number of carbonyl (C=O) groups is 1. The third-order valence-electron chi connectivity index (χ3n) is 2.71. The molecule has 5 heteroatoms. The minimum Gasteiger partial charge on any atom is -0.397 e. The zero-order valence-electron chi connectivity index (χ0n) is 10.8. The molecule has 0 radical (unpaired) electrons. The maximum absolute atomic E-state index is 11.8. The molecule has 0 spiro atoms. The van der Waals surface area contributed by atoms with Gasteiger partial charge in [-0.25, -0.2) is 4.98 Å². The zero-order chi connectivity index (χ0) is 13.0. The van der Waals surface area contributed by atoms with Gasteiger partial charge in [0, 0.05) is 13.6 Å². The first-order chi connectivity index (χ1) is 7.95. The summed E-state index contributed by atoms with van der Waals surface area (Å²) in [7, 11) is 1.78. The zero-order valence-corrected chi connectivity index (χ0v) is 10.8. The Morgan fingerprint density at radius 2 is 2.24 bits per heavy atom. The number of aromatic nitrogens is 1. The summed E-state index contributed by atoms with van der Waals surface area (Å²) in [5.74, 6) is 0.714. The molecular weight excluding hydrogens is 216 g/mol. The Morgan fingerprint density at radius 1 is 1.59 bits per heavy atom. The van der Waals surface area contributed by atoms with Crippen molar-refractivity contribution in [2.75, 3.05) is 24.6 Å². The van der Waals surface area contributed by atoms with E-state index in [0.717, 1.165) is 5.69 Å². The largest absolute Gasteiger partial charge is 0.397 e. The minimum atomic E-state index is -0.296. The molecule has 0 aliphatic heterocycles. The van der Waals surface area contributed by atoms with Gasteiger partial charge in [0.1, 0.15) is 11.9 Å². The molecule has 3 N–H and O–H groups in total. The van der Waals surface area contributed by atoms with Crippen LogP contribution in [0, 0.1) is 6.92 Å². The highest BCUT2D eigenvalue weighted by molar-refractivity contribution is 5.83. The highest BCUT2D eigenvalue weighted by Gasteiger charge is 2.16. The Kier molecular flexibility index (Phi) is 4.31. The van der Waals surface area contributed by atoms with Gasteiger partial charge in [-0.1, -0.05) is 0 Å². The molecule has 17 heavy (non-hydrogen) atoms. The van der Waals surface area contributed by atoms with Gasteiger partial charge in [-0.2, -0.15) is 0 Å². The van der Waals surface area contributed by atoms with Crippen molar-refractivity contribution in [3.63, 3.8) is 0 Å². The molecule has 5 nitrogen and oxygen atoms in total. The lowest BCUT2D eigenvalue weighted by Crippen LogP contribution is -2.39. The molecule has 0 fully saturated rings. The molecule has 1 amide bonds. The van der Waals surface area contributed by atoms with Crippen LogP contribution in [0.2, 0.25) is 0 Å². The van der Waals surface area contributed by atoms with Gasteiger partial charge in [0.2, 0.25) is 5.91 Å². The van der Waals surface area contributed by atoms with Gasteiger partial charge in [-0.3, -0.25) is 4.79 Å². The summed E-state index contributed by atoms with van der Waals surface area (Å²) < 4.78 is 0. The van der Waals surface area contributed by atoms with Crippen molar-refractivity contribution in [2.45, 2.75) is 26.8 Å². The summed E-state index contributed by atoms with van der Waals surface area (Å²) in [6.07, 6.45) is 0. The average molecular weight is 236 g/mol. The predicted molar refractivity (Wildman–Crippen MR) is 69.8 cm³/mol. The van der Waals surface area contributed by atoms with Crippen molar-refractivity contribution < 1.29 is 4.79 Å². The van der Waals surface area contributed by atoms with Crippen LogP contribution in [0.15, 0.2) is 12.1 Å². The van der Waals surface area contributed by atoms with Crippen LogP contribution in [0.5, 0.6) is 0 Å². The number of rotatable bonds is 4. The number of hydrogen-bond donors (Lipinski definition) is 2. The van der Waals surface area contributed by atoms with Crippen molar-refractivity contribution in [1.82, 2.24) is 9.88 Å². The number of aryl methyl sites for hydroxylation is 1. The van der Waals surface area contributed by atoms with E-state index in [2.05, 4.69) is 10.3 Å². The fourth-order valence-corrected chi connectivity index (χ4v) is 1.42. The van der Waals surface area contributed by atoms with Crippen LogP contribution >= 0.6 is 0 Å². The molecule has 1 unspecified atom stereocenters. The lowest BCUT2D eigenvalue weighted by atomic mass is 10.2. The molecule has 0 saturated heterocycles. The van der Waals surface area contributed by atoms with Crippen molar-refractivity contribution >= 4 is 17.4 Å². The van der Waals surface area contributed by atoms with E-state index < -0.39 is 0 Å². The molecule has 0 aromatic carbocycles. The standard InChI is InChI=1S/C12H20N4O/c1-5-16(4)12(17)9(3)15-11-7-6-10(13)8(2)14-11/h6-7,9H,5,13H2,1-4H3,(H,14,15). The molecule has 0 saturated carbocycles. The van der Waals surface area contributed by atoms with E-state index in [0.29, 0.717) is 18.1 Å². The van der Waals surface area contributed by atoms with Crippen molar-refractivity contribution in [2.24, 2.45) is 0 Å². The molecule has 0 aliphatic rings. The first-order valence-corrected chi connectivity index (χ1v) is 5.70. The number of nitrogens with two attached hydrogens (primary N) is 1. The second kappa shape index (κ2) is 5.52. The van der Waals surface area contributed by atoms with E-state index in [-0.39, 0.29) is 11.9 Å². The van der Waals surface area contributed by atoms with Crippen LogP contribution in [0.4, 0.5) is 11.5 Å². The first kappa shape index (κ1) is 13.3. The Bertz CT molecular complexity index is 405. The van der Waals surface area contributed by atoms with Crippen LogP contribution < -0.4 is 11.1 Å². The van der Waals surface area contributed by atoms with Crippen LogP contribution in [0.1, 0.15) is 19.5 Å². The Balaban J connectivity index is 2.71. The summed E-state index contributed by atoms with van der Waals surface area (Å²) in [5.41, 5.74) is 7.10. The summed E-state index contributed by atoms with van der Waals surface area (Å²) in [5, 5.41) is 3.07. The Hall–Kier alpha value is -1.78. The fraction of sp³-hybridized carbons (Fsp3) is 0.500. The lowest BCUT2D eigenvalue weighted by molar-refractivity contribution is -0.130. The molecule has 1 aromatic heterocycles. The normalized spacial score (nSPS) is 12.0. The summed E-state index contributed by atoms with van der Waals surface area (Å²) in [4.78, 5) is 17.8. The number of anilines is 2. The molecule has 1 aromatic rings. The second-order valence-corrected chi connectivity index (χ2v) is 4.09. The Morgan fingerprint density at radius 3 is 2.76 bits per heavy atom. The maximum atomic E-state index is 11.8. The predicted octanol–water partition coefficient (Wildman–Crippen LogP) is 1.25. The summed E-state index contributed by atoms with van der Waals surface area (Å²) >= 11 is 0. The van der Waals surface area contributed by atoms with Crippen molar-refractivity contribution in [3.05, 3.63) is 17.8 Å². The number of hydrogen-bond acceptors (Lipinski definition) is 4. The highest BCUT2D eigenvalue weighted by Crippen LogP contribution is 2.12. The number of pyridine rings is 1. The van der Waals surface area contributed by atoms with Crippen molar-refractivity contribution in [1.29, 1.82) is 0 Å². The number of amides is 1. The topological polar surface area (TPSA) is 71.2 Å². The van der Waals surface area contributed by atoms with Gasteiger partial charge in [0.05, 0.1) is 11.4 Å². The summed E-state index contributed by atoms with van der Waals surface area (Å²) in [6, 6.07) is 3.26. The van der Waals surface area contributed by atoms with Gasteiger partial charge < -0.3 is 16.0 Å². The molecule has 0 bridgehead atoms. The number of nitrogens with zero attached hydrogens (tertiary/aromatic N) is 2. The van der Waals surface area contributed by atoms with E-state index in [1.54, 1.807) is 24.1 Å².